The Hall–Kier alpha value is -3.41. The predicted octanol–water partition coefficient (Wildman–Crippen LogP) is 6.26. The number of phenolic OH excluding ortho intramolecular Hbond substituents is 1. The van der Waals surface area contributed by atoms with Crippen LogP contribution < -0.4 is 5.73 Å². The summed E-state index contributed by atoms with van der Waals surface area (Å²) in [5, 5.41) is 11.7. The van der Waals surface area contributed by atoms with E-state index in [1.165, 1.54) is 0 Å². The van der Waals surface area contributed by atoms with E-state index >= 15 is 0 Å². The molecule has 3 N–H and O–H groups in total. The number of hydrogen-bond acceptors (Lipinski definition) is 5. The molecule has 0 atom stereocenters. The highest BCUT2D eigenvalue weighted by Crippen LogP contribution is 2.31. The summed E-state index contributed by atoms with van der Waals surface area (Å²) in [5.41, 5.74) is 11.7. The normalized spacial score (nSPS) is 11.5. The monoisotopic (exact) mass is 472 g/mol. The highest BCUT2D eigenvalue weighted by atomic mass is 16.3. The third kappa shape index (κ3) is 5.31. The van der Waals surface area contributed by atoms with Gasteiger partial charge in [0.15, 0.2) is 5.82 Å². The molecule has 2 aromatic carbocycles. The van der Waals surface area contributed by atoms with Gasteiger partial charge >= 0.3 is 0 Å². The fraction of sp³-hybridized carbons (Fsp3) is 0.414. The average Bonchev–Trinajstić information content (AvgIpc) is 3.21. The number of aryl methyl sites for hydroxylation is 3. The second-order valence-corrected chi connectivity index (χ2v) is 9.49. The molecule has 6 heteroatoms. The Labute approximate surface area is 207 Å². The van der Waals surface area contributed by atoms with Crippen molar-refractivity contribution in [3.63, 3.8) is 0 Å². The lowest BCUT2D eigenvalue weighted by molar-refractivity contribution is -0.119. The molecule has 2 aromatic heterocycles. The van der Waals surface area contributed by atoms with Crippen LogP contribution in [0.2, 0.25) is 0 Å². The molecule has 0 saturated heterocycles. The zero-order valence-corrected chi connectivity index (χ0v) is 21.1. The first-order chi connectivity index (χ1) is 16.9. The van der Waals surface area contributed by atoms with E-state index in [1.807, 2.05) is 37.3 Å². The van der Waals surface area contributed by atoms with Crippen LogP contribution in [0.5, 0.6) is 5.75 Å². The van der Waals surface area contributed by atoms with Crippen LogP contribution in [0.25, 0.3) is 21.9 Å². The molecule has 0 spiro atoms. The number of aromatic nitrogens is 3. The number of para-hydroxylation sites is 1. The van der Waals surface area contributed by atoms with Gasteiger partial charge in [-0.2, -0.15) is 0 Å². The summed E-state index contributed by atoms with van der Waals surface area (Å²) in [6.07, 6.45) is 6.52. The van der Waals surface area contributed by atoms with E-state index in [4.69, 9.17) is 10.7 Å². The van der Waals surface area contributed by atoms with Crippen molar-refractivity contribution in [3.8, 4) is 5.75 Å². The Morgan fingerprint density at radius 2 is 1.80 bits per heavy atom. The molecule has 0 unspecified atom stereocenters. The minimum Gasteiger partial charge on any atom is -0.507 e. The Morgan fingerprint density at radius 1 is 1.03 bits per heavy atom. The van der Waals surface area contributed by atoms with E-state index in [9.17, 15) is 9.90 Å². The first kappa shape index (κ1) is 24.7. The number of hydrogen-bond donors (Lipinski definition) is 2. The summed E-state index contributed by atoms with van der Waals surface area (Å²) in [6, 6.07) is 12.1. The molecule has 6 nitrogen and oxygen atoms in total. The van der Waals surface area contributed by atoms with Crippen LogP contribution in [0.15, 0.2) is 36.4 Å². The van der Waals surface area contributed by atoms with Crippen LogP contribution in [0.1, 0.15) is 74.9 Å². The minimum absolute atomic E-state index is 0.256. The quantitative estimate of drug-likeness (QED) is 0.268. The van der Waals surface area contributed by atoms with E-state index in [1.54, 1.807) is 0 Å². The highest BCUT2D eigenvalue weighted by Gasteiger charge is 2.18. The molecule has 35 heavy (non-hydrogen) atoms. The molecule has 0 radical (unpaired) electrons. The molecule has 184 valence electrons. The van der Waals surface area contributed by atoms with Gasteiger partial charge < -0.3 is 15.4 Å². The minimum atomic E-state index is 0.256. The van der Waals surface area contributed by atoms with Gasteiger partial charge in [0.05, 0.1) is 11.0 Å². The van der Waals surface area contributed by atoms with Crippen molar-refractivity contribution in [2.75, 3.05) is 5.73 Å². The largest absolute Gasteiger partial charge is 0.507 e. The second kappa shape index (κ2) is 10.9. The molecule has 0 amide bonds. The number of unbranched alkanes of at least 4 members (excludes halogenated alkanes) is 2. The molecule has 0 bridgehead atoms. The van der Waals surface area contributed by atoms with E-state index in [-0.39, 0.29) is 11.5 Å². The predicted molar refractivity (Wildman–Crippen MR) is 143 cm³/mol. The van der Waals surface area contributed by atoms with Crippen molar-refractivity contribution in [3.05, 3.63) is 58.9 Å². The molecule has 2 heterocycles. The van der Waals surface area contributed by atoms with E-state index < -0.39 is 0 Å². The summed E-state index contributed by atoms with van der Waals surface area (Å²) < 4.78 is 2.26. The molecule has 4 rings (SSSR count). The van der Waals surface area contributed by atoms with Gasteiger partial charge in [0.2, 0.25) is 0 Å². The van der Waals surface area contributed by atoms with Crippen LogP contribution in [0.4, 0.5) is 5.82 Å². The van der Waals surface area contributed by atoms with Crippen LogP contribution in [0.3, 0.4) is 0 Å². The van der Waals surface area contributed by atoms with Crippen LogP contribution in [-0.4, -0.2) is 25.4 Å². The van der Waals surface area contributed by atoms with Crippen molar-refractivity contribution in [1.29, 1.82) is 0 Å². The number of phenols is 1. The Balaban J connectivity index is 1.75. The van der Waals surface area contributed by atoms with Crippen molar-refractivity contribution in [2.24, 2.45) is 0 Å². The lowest BCUT2D eigenvalue weighted by Gasteiger charge is -2.14. The number of nitrogen functional groups attached to an aromatic ring is 1. The number of pyridine rings is 1. The summed E-state index contributed by atoms with van der Waals surface area (Å²) in [4.78, 5) is 21.8. The number of carbonyl (C=O) groups is 1. The van der Waals surface area contributed by atoms with Gasteiger partial charge in [0.25, 0.3) is 0 Å². The van der Waals surface area contributed by atoms with E-state index in [2.05, 4.69) is 29.5 Å². The van der Waals surface area contributed by atoms with Gasteiger partial charge in [-0.05, 0) is 48.9 Å². The SMILES string of the molecule is CCCCC(=O)CCc1cc(Cn2c(CCCC)nc3c(N)nc4ccccc4c32)cc(C)c1O. The number of benzene rings is 2. The number of rotatable bonds is 11. The second-order valence-electron chi connectivity index (χ2n) is 9.49. The number of aromatic hydroxyl groups is 1. The summed E-state index contributed by atoms with van der Waals surface area (Å²) in [7, 11) is 0. The molecular weight excluding hydrogens is 436 g/mol. The molecule has 0 fully saturated rings. The molecule has 0 aliphatic rings. The standard InChI is InChI=1S/C29H36N4O2/c1-4-6-10-22(34)15-14-21-17-20(16-19(3)28(21)35)18-33-25(13-7-5-2)32-26-27(33)23-11-8-9-12-24(23)31-29(26)30/h8-9,11-12,16-17,35H,4-7,10,13-15,18H2,1-3H3,(H2,30,31). The smallest absolute Gasteiger partial charge is 0.152 e. The lowest BCUT2D eigenvalue weighted by atomic mass is 9.98. The molecule has 0 aliphatic heterocycles. The van der Waals surface area contributed by atoms with Crippen LogP contribution in [0, 0.1) is 6.92 Å². The van der Waals surface area contributed by atoms with Gasteiger partial charge in [-0.3, -0.25) is 4.79 Å². The Bertz CT molecular complexity index is 1360. The maximum atomic E-state index is 12.2. The fourth-order valence-corrected chi connectivity index (χ4v) is 4.77. The van der Waals surface area contributed by atoms with Gasteiger partial charge in [-0.1, -0.05) is 57.0 Å². The maximum Gasteiger partial charge on any atom is 0.152 e. The molecule has 4 aromatic rings. The topological polar surface area (TPSA) is 94.0 Å². The number of nitrogens with zero attached hydrogens (tertiary/aromatic N) is 3. The van der Waals surface area contributed by atoms with Gasteiger partial charge in [0, 0.05) is 31.2 Å². The highest BCUT2D eigenvalue weighted by molar-refractivity contribution is 6.06. The maximum absolute atomic E-state index is 12.2. The number of nitrogens with two attached hydrogens (primary N) is 1. The average molecular weight is 473 g/mol. The first-order valence-corrected chi connectivity index (χ1v) is 12.8. The first-order valence-electron chi connectivity index (χ1n) is 12.8. The number of fused-ring (bicyclic) bond motifs is 3. The fourth-order valence-electron chi connectivity index (χ4n) is 4.77. The summed E-state index contributed by atoms with van der Waals surface area (Å²) >= 11 is 0. The zero-order valence-electron chi connectivity index (χ0n) is 21.1. The van der Waals surface area contributed by atoms with Crippen LogP contribution >= 0.6 is 0 Å². The van der Waals surface area contributed by atoms with Gasteiger partial charge in [0.1, 0.15) is 22.9 Å². The number of anilines is 1. The number of imidazole rings is 1. The van der Waals surface area contributed by atoms with Crippen molar-refractivity contribution in [2.45, 2.75) is 78.7 Å². The van der Waals surface area contributed by atoms with Crippen LogP contribution in [-0.2, 0) is 24.2 Å². The van der Waals surface area contributed by atoms with E-state index in [0.29, 0.717) is 31.6 Å². The third-order valence-electron chi connectivity index (χ3n) is 6.71. The summed E-state index contributed by atoms with van der Waals surface area (Å²) in [5.74, 6) is 1.99. The molecule has 0 aliphatic carbocycles. The van der Waals surface area contributed by atoms with Crippen molar-refractivity contribution >= 4 is 33.5 Å². The van der Waals surface area contributed by atoms with E-state index in [0.717, 1.165) is 76.6 Å². The number of Topliss-reactive ketones (excluding diaryl/α,β-unsaturated/α-hetero) is 1. The van der Waals surface area contributed by atoms with Gasteiger partial charge in [-0.25, -0.2) is 9.97 Å². The summed E-state index contributed by atoms with van der Waals surface area (Å²) in [6.45, 7) is 6.80. The van der Waals surface area contributed by atoms with Crippen molar-refractivity contribution in [1.82, 2.24) is 14.5 Å². The van der Waals surface area contributed by atoms with Crippen molar-refractivity contribution < 1.29 is 9.90 Å². The number of ketones is 1. The number of carbonyl (C=O) groups excluding carboxylic acids is 1. The Morgan fingerprint density at radius 3 is 2.57 bits per heavy atom. The molecular formula is C29H36N4O2. The van der Waals surface area contributed by atoms with Gasteiger partial charge in [-0.15, -0.1) is 0 Å². The lowest BCUT2D eigenvalue weighted by Crippen LogP contribution is -2.07. The third-order valence-corrected chi connectivity index (χ3v) is 6.71. The Kier molecular flexibility index (Phi) is 7.69. The molecule has 0 saturated carbocycles. The zero-order chi connectivity index (χ0) is 24.9.